The number of ketones is 1. The number of carboxylic acid groups (broad SMARTS) is 1. The van der Waals surface area contributed by atoms with Gasteiger partial charge in [0.1, 0.15) is 5.75 Å². The summed E-state index contributed by atoms with van der Waals surface area (Å²) in [5, 5.41) is 20.9. The Morgan fingerprint density at radius 1 is 0.909 bits per heavy atom. The highest BCUT2D eigenvalue weighted by Gasteiger charge is 2.73. The zero-order valence-corrected chi connectivity index (χ0v) is 26.8. The molecule has 0 aromatic heterocycles. The summed E-state index contributed by atoms with van der Waals surface area (Å²) in [4.78, 5) is 26.2. The number of ether oxygens (including phenoxy) is 2. The highest BCUT2D eigenvalue weighted by Crippen LogP contribution is 2.64. The molecule has 6 rings (SSSR count). The number of unbranched alkanes of at least 4 members (excludes halogenated alkanes) is 13. The lowest BCUT2D eigenvalue weighted by molar-refractivity contribution is -0.188. The minimum absolute atomic E-state index is 0.101. The van der Waals surface area contributed by atoms with E-state index in [1.807, 2.05) is 0 Å². The molecule has 244 valence electrons. The van der Waals surface area contributed by atoms with Crippen LogP contribution in [0.25, 0.3) is 0 Å². The van der Waals surface area contributed by atoms with Gasteiger partial charge in [0.2, 0.25) is 0 Å². The predicted octanol–water partition coefficient (Wildman–Crippen LogP) is 7.52. The number of nitrogens with zero attached hydrogens (tertiary/aromatic N) is 1. The number of hydrogen-bond donors (Lipinski definition) is 2. The minimum Gasteiger partial charge on any atom is -0.481 e. The molecule has 3 fully saturated rings. The Bertz CT molecular complexity index is 1160. The monoisotopic (exact) mass is 609 g/mol. The fraction of sp³-hybridized carbons (Fsp3) is 0.784. The van der Waals surface area contributed by atoms with E-state index in [1.54, 1.807) is 0 Å². The highest BCUT2D eigenvalue weighted by atomic mass is 16.7. The zero-order chi connectivity index (χ0) is 30.6. The van der Waals surface area contributed by atoms with E-state index in [0.717, 1.165) is 63.3 Å². The topological polar surface area (TPSA) is 96.3 Å². The first-order chi connectivity index (χ1) is 21.4. The van der Waals surface area contributed by atoms with Crippen LogP contribution in [-0.4, -0.2) is 64.5 Å². The van der Waals surface area contributed by atoms with Crippen LogP contribution >= 0.6 is 0 Å². The summed E-state index contributed by atoms with van der Waals surface area (Å²) >= 11 is 0. The molecule has 0 radical (unpaired) electrons. The summed E-state index contributed by atoms with van der Waals surface area (Å²) < 4.78 is 11.2. The van der Waals surface area contributed by atoms with Gasteiger partial charge in [0.05, 0.1) is 17.6 Å². The van der Waals surface area contributed by atoms with Crippen LogP contribution in [0.15, 0.2) is 12.1 Å². The van der Waals surface area contributed by atoms with Gasteiger partial charge in [-0.1, -0.05) is 89.2 Å². The summed E-state index contributed by atoms with van der Waals surface area (Å²) in [5.74, 6) is 1.95. The summed E-state index contributed by atoms with van der Waals surface area (Å²) in [7, 11) is 0. The Morgan fingerprint density at radius 3 is 2.18 bits per heavy atom. The van der Waals surface area contributed by atoms with Crippen molar-refractivity contribution in [1.82, 2.24) is 4.90 Å². The van der Waals surface area contributed by atoms with Crippen molar-refractivity contribution in [3.05, 3.63) is 28.8 Å². The van der Waals surface area contributed by atoms with Gasteiger partial charge < -0.3 is 19.7 Å². The average Bonchev–Trinajstić information content (AvgIpc) is 3.75. The van der Waals surface area contributed by atoms with E-state index in [9.17, 15) is 14.7 Å². The van der Waals surface area contributed by atoms with Gasteiger partial charge in [-0.05, 0) is 75.0 Å². The van der Waals surface area contributed by atoms with Crippen molar-refractivity contribution in [3.63, 3.8) is 0 Å². The van der Waals surface area contributed by atoms with Crippen LogP contribution in [0.2, 0.25) is 0 Å². The van der Waals surface area contributed by atoms with Crippen LogP contribution in [0.3, 0.4) is 0 Å². The number of carbonyl (C=O) groups is 2. The largest absolute Gasteiger partial charge is 0.505 e. The van der Waals surface area contributed by atoms with E-state index in [1.165, 1.54) is 100 Å². The third kappa shape index (κ3) is 6.42. The fourth-order valence-corrected chi connectivity index (χ4v) is 9.23. The molecular weight excluding hydrogens is 554 g/mol. The van der Waals surface area contributed by atoms with E-state index < -0.39 is 23.3 Å². The van der Waals surface area contributed by atoms with Crippen molar-refractivity contribution < 1.29 is 29.3 Å². The van der Waals surface area contributed by atoms with Gasteiger partial charge in [-0.15, -0.1) is 0 Å². The first-order valence-electron chi connectivity index (χ1n) is 18.1. The lowest BCUT2D eigenvalue weighted by Gasteiger charge is -2.62. The third-order valence-electron chi connectivity index (χ3n) is 11.7. The molecule has 7 nitrogen and oxygen atoms in total. The molecule has 5 aliphatic rings. The quantitative estimate of drug-likeness (QED) is 0.124. The summed E-state index contributed by atoms with van der Waals surface area (Å²) in [6.07, 6.45) is 21.8. The Morgan fingerprint density at radius 2 is 1.55 bits per heavy atom. The van der Waals surface area contributed by atoms with Crippen LogP contribution in [0, 0.1) is 5.92 Å². The number of Topliss-reactive ketones (excluding diaryl/α,β-unsaturated/α-hetero) is 1. The zero-order valence-electron chi connectivity index (χ0n) is 26.8. The van der Waals surface area contributed by atoms with Crippen molar-refractivity contribution in [2.75, 3.05) is 19.7 Å². The van der Waals surface area contributed by atoms with E-state index in [4.69, 9.17) is 9.84 Å². The van der Waals surface area contributed by atoms with Crippen molar-refractivity contribution in [2.24, 2.45) is 5.92 Å². The van der Waals surface area contributed by atoms with E-state index in [0.29, 0.717) is 19.4 Å². The second kappa shape index (κ2) is 14.1. The van der Waals surface area contributed by atoms with Crippen LogP contribution in [0.5, 0.6) is 5.75 Å². The Hall–Kier alpha value is -2.12. The number of likely N-dealkylation sites (tertiary alicyclic amines) is 1. The fourth-order valence-electron chi connectivity index (χ4n) is 9.23. The van der Waals surface area contributed by atoms with Gasteiger partial charge in [0.15, 0.2) is 11.9 Å². The molecule has 2 heterocycles. The number of benzene rings is 1. The van der Waals surface area contributed by atoms with Gasteiger partial charge in [-0.2, -0.15) is 0 Å². The van der Waals surface area contributed by atoms with Crippen molar-refractivity contribution in [1.29, 1.82) is 0 Å². The van der Waals surface area contributed by atoms with Crippen LogP contribution in [0.4, 0.5) is 4.79 Å². The van der Waals surface area contributed by atoms with Crippen molar-refractivity contribution in [3.8, 4) is 5.75 Å². The van der Waals surface area contributed by atoms with Gasteiger partial charge in [-0.3, -0.25) is 9.69 Å². The number of rotatable bonds is 19. The molecule has 1 aromatic carbocycles. The lowest BCUT2D eigenvalue weighted by atomic mass is 9.49. The van der Waals surface area contributed by atoms with Gasteiger partial charge >= 0.3 is 6.16 Å². The molecule has 2 aliphatic heterocycles. The molecule has 2 saturated carbocycles. The number of aryl methyl sites for hydroxylation is 1. The standard InChI is InChI=1S/C37H55NO6/c39-30-20-21-37(42)31-25-29-19-18-28(33-32(29)36(37,34(30)44-33)22-23-38(31)26-27-16-17-27)15-13-11-9-7-5-3-1-2-4-6-8-10-12-14-24-43-35(40)41/h18-19,27,31,34,42H,1-17,20-26H2,(H,40,41)/t31?,34-,36-,37+/m0/s1. The first-order valence-corrected chi connectivity index (χ1v) is 18.1. The molecule has 1 saturated heterocycles. The Labute approximate surface area is 264 Å². The maximum absolute atomic E-state index is 13.3. The maximum Gasteiger partial charge on any atom is 0.505 e. The normalized spacial score (nSPS) is 28.5. The molecule has 0 amide bonds. The van der Waals surface area contributed by atoms with E-state index in [-0.39, 0.29) is 11.8 Å². The molecule has 2 bridgehead atoms. The molecule has 1 aromatic rings. The molecule has 1 spiro atoms. The Balaban J connectivity index is 0.912. The van der Waals surface area contributed by atoms with Gasteiger partial charge in [-0.25, -0.2) is 4.79 Å². The van der Waals surface area contributed by atoms with E-state index in [2.05, 4.69) is 21.8 Å². The number of carbonyl (C=O) groups excluding carboxylic acids is 1. The van der Waals surface area contributed by atoms with E-state index >= 15 is 0 Å². The SMILES string of the molecule is O=C(O)OCCCCCCCCCCCCCCCCc1ccc2c3c1O[C@H]1C(=O)CC[C@@]4(O)C(C2)N(CC2CC2)CC[C@]314. The number of hydrogen-bond acceptors (Lipinski definition) is 6. The summed E-state index contributed by atoms with van der Waals surface area (Å²) in [6.45, 7) is 2.39. The predicted molar refractivity (Wildman–Crippen MR) is 170 cm³/mol. The molecule has 1 unspecified atom stereocenters. The molecule has 3 aliphatic carbocycles. The number of aliphatic hydroxyl groups is 1. The number of piperidine rings is 1. The lowest BCUT2D eigenvalue weighted by Crippen LogP contribution is -2.76. The van der Waals surface area contributed by atoms with Gasteiger partial charge in [0, 0.05) is 24.6 Å². The van der Waals surface area contributed by atoms with Crippen LogP contribution in [-0.2, 0) is 27.8 Å². The molecule has 44 heavy (non-hydrogen) atoms. The average molecular weight is 610 g/mol. The second-order valence-corrected chi connectivity index (χ2v) is 14.7. The second-order valence-electron chi connectivity index (χ2n) is 14.7. The summed E-state index contributed by atoms with van der Waals surface area (Å²) in [5.41, 5.74) is 2.36. The third-order valence-corrected chi connectivity index (χ3v) is 11.7. The molecule has 2 N–H and O–H groups in total. The summed E-state index contributed by atoms with van der Waals surface area (Å²) in [6, 6.07) is 4.68. The highest BCUT2D eigenvalue weighted by molar-refractivity contribution is 5.89. The first kappa shape index (κ1) is 31.8. The molecule has 4 atom stereocenters. The molecule has 7 heteroatoms. The maximum atomic E-state index is 13.3. The Kier molecular flexibility index (Phi) is 10.2. The van der Waals surface area contributed by atoms with Crippen molar-refractivity contribution >= 4 is 11.9 Å². The van der Waals surface area contributed by atoms with Crippen LogP contribution in [0.1, 0.15) is 139 Å². The smallest absolute Gasteiger partial charge is 0.481 e. The minimum atomic E-state index is -1.17. The molecular formula is C37H55NO6. The van der Waals surface area contributed by atoms with Crippen molar-refractivity contribution in [2.45, 2.75) is 158 Å². The van der Waals surface area contributed by atoms with Gasteiger partial charge in [0.25, 0.3) is 0 Å². The van der Waals surface area contributed by atoms with Crippen LogP contribution < -0.4 is 4.74 Å².